The Kier molecular flexibility index (Phi) is 5.86. The van der Waals surface area contributed by atoms with Gasteiger partial charge in [0.2, 0.25) is 5.91 Å². The van der Waals surface area contributed by atoms with Gasteiger partial charge in [-0.05, 0) is 56.8 Å². The van der Waals surface area contributed by atoms with Gasteiger partial charge in [0.05, 0.1) is 0 Å². The van der Waals surface area contributed by atoms with Crippen LogP contribution in [0.5, 0.6) is 0 Å². The van der Waals surface area contributed by atoms with Crippen LogP contribution in [0.2, 0.25) is 5.02 Å². The lowest BCUT2D eigenvalue weighted by atomic mass is 9.94. The Bertz CT molecular complexity index is 444. The number of amides is 1. The van der Waals surface area contributed by atoms with Crippen molar-refractivity contribution in [2.45, 2.75) is 38.6 Å². The van der Waals surface area contributed by atoms with Crippen molar-refractivity contribution in [3.05, 3.63) is 34.9 Å². The molecule has 1 heterocycles. The van der Waals surface area contributed by atoms with Crippen molar-refractivity contribution < 1.29 is 4.79 Å². The second-order valence-electron chi connectivity index (χ2n) is 5.66. The van der Waals surface area contributed by atoms with E-state index in [0.717, 1.165) is 42.9 Å². The van der Waals surface area contributed by atoms with Gasteiger partial charge in [-0.2, -0.15) is 0 Å². The number of carbonyl (C=O) groups is 1. The number of rotatable bonds is 5. The molecule has 2 rings (SSSR count). The second-order valence-corrected chi connectivity index (χ2v) is 6.07. The number of nitrogens with one attached hydrogen (secondary N) is 2. The summed E-state index contributed by atoms with van der Waals surface area (Å²) >= 11 is 6.14. The molecule has 20 heavy (non-hydrogen) atoms. The van der Waals surface area contributed by atoms with Crippen LogP contribution in [-0.2, 0) is 11.2 Å². The highest BCUT2D eigenvalue weighted by Crippen LogP contribution is 2.18. The Morgan fingerprint density at radius 2 is 2.10 bits per heavy atom. The van der Waals surface area contributed by atoms with E-state index in [9.17, 15) is 4.79 Å². The normalized spacial score (nSPS) is 17.7. The summed E-state index contributed by atoms with van der Waals surface area (Å²) < 4.78 is 0. The highest BCUT2D eigenvalue weighted by atomic mass is 35.5. The molecule has 1 saturated heterocycles. The number of halogens is 1. The predicted octanol–water partition coefficient (Wildman–Crippen LogP) is 2.78. The fraction of sp³-hybridized carbons (Fsp3) is 0.562. The van der Waals surface area contributed by atoms with Crippen molar-refractivity contribution in [3.63, 3.8) is 0 Å². The lowest BCUT2D eigenvalue weighted by Gasteiger charge is -2.23. The highest BCUT2D eigenvalue weighted by molar-refractivity contribution is 6.31. The number of carbonyl (C=O) groups excluding carboxylic acids is 1. The maximum Gasteiger partial charge on any atom is 0.220 e. The third kappa shape index (κ3) is 4.80. The third-order valence-electron chi connectivity index (χ3n) is 3.82. The molecule has 1 aromatic carbocycles. The van der Waals surface area contributed by atoms with Crippen LogP contribution in [-0.4, -0.2) is 25.0 Å². The Morgan fingerprint density at radius 3 is 2.80 bits per heavy atom. The largest absolute Gasteiger partial charge is 0.353 e. The fourth-order valence-electron chi connectivity index (χ4n) is 2.73. The van der Waals surface area contributed by atoms with Crippen LogP contribution in [0.25, 0.3) is 0 Å². The zero-order valence-electron chi connectivity index (χ0n) is 12.0. The third-order valence-corrected chi connectivity index (χ3v) is 4.19. The molecule has 0 radical (unpaired) electrons. The molecule has 0 spiro atoms. The van der Waals surface area contributed by atoms with Crippen molar-refractivity contribution >= 4 is 17.5 Å². The zero-order chi connectivity index (χ0) is 14.4. The standard InChI is InChI=1S/C16H23ClN2O/c1-12(10-14-4-2-3-5-15(14)17)19-16(20)11-13-6-8-18-9-7-13/h2-5,12-13,18H,6-11H2,1H3,(H,19,20). The van der Waals surface area contributed by atoms with Gasteiger partial charge in [-0.3, -0.25) is 4.79 Å². The maximum atomic E-state index is 12.0. The van der Waals surface area contributed by atoms with Gasteiger partial charge in [-0.1, -0.05) is 29.8 Å². The quantitative estimate of drug-likeness (QED) is 0.877. The minimum absolute atomic E-state index is 0.115. The van der Waals surface area contributed by atoms with E-state index < -0.39 is 0 Å². The summed E-state index contributed by atoms with van der Waals surface area (Å²) in [6, 6.07) is 7.92. The Labute approximate surface area is 126 Å². The van der Waals surface area contributed by atoms with Gasteiger partial charge >= 0.3 is 0 Å². The second kappa shape index (κ2) is 7.65. The fourth-order valence-corrected chi connectivity index (χ4v) is 2.94. The monoisotopic (exact) mass is 294 g/mol. The molecule has 1 aromatic rings. The van der Waals surface area contributed by atoms with E-state index in [1.54, 1.807) is 0 Å². The minimum Gasteiger partial charge on any atom is -0.353 e. The van der Waals surface area contributed by atoms with E-state index in [0.29, 0.717) is 12.3 Å². The lowest BCUT2D eigenvalue weighted by Crippen LogP contribution is -2.37. The van der Waals surface area contributed by atoms with E-state index in [1.807, 2.05) is 31.2 Å². The summed E-state index contributed by atoms with van der Waals surface area (Å²) in [4.78, 5) is 12.0. The number of hydrogen-bond donors (Lipinski definition) is 2. The van der Waals surface area contributed by atoms with Gasteiger partial charge in [0.1, 0.15) is 0 Å². The van der Waals surface area contributed by atoms with Crippen LogP contribution >= 0.6 is 11.6 Å². The molecule has 1 aliphatic rings. The minimum atomic E-state index is 0.115. The molecule has 1 amide bonds. The molecule has 0 saturated carbocycles. The van der Waals surface area contributed by atoms with E-state index in [4.69, 9.17) is 11.6 Å². The Hall–Kier alpha value is -1.06. The van der Waals surface area contributed by atoms with Crippen molar-refractivity contribution in [1.82, 2.24) is 10.6 Å². The summed E-state index contributed by atoms with van der Waals surface area (Å²) in [5.74, 6) is 0.695. The predicted molar refractivity (Wildman–Crippen MR) is 83.0 cm³/mol. The van der Waals surface area contributed by atoms with Gasteiger partial charge in [0, 0.05) is 17.5 Å². The van der Waals surface area contributed by atoms with Gasteiger partial charge in [-0.25, -0.2) is 0 Å². The smallest absolute Gasteiger partial charge is 0.220 e. The number of benzene rings is 1. The molecular formula is C16H23ClN2O. The summed E-state index contributed by atoms with van der Waals surface area (Å²) in [6.45, 7) is 4.10. The Morgan fingerprint density at radius 1 is 1.40 bits per heavy atom. The van der Waals surface area contributed by atoms with Gasteiger partial charge < -0.3 is 10.6 Å². The number of hydrogen-bond acceptors (Lipinski definition) is 2. The topological polar surface area (TPSA) is 41.1 Å². The first-order valence-electron chi connectivity index (χ1n) is 7.38. The van der Waals surface area contributed by atoms with E-state index in [1.165, 1.54) is 0 Å². The van der Waals surface area contributed by atoms with Crippen molar-refractivity contribution in [2.24, 2.45) is 5.92 Å². The first-order chi connectivity index (χ1) is 9.65. The average molecular weight is 295 g/mol. The van der Waals surface area contributed by atoms with Crippen LogP contribution in [0.1, 0.15) is 31.7 Å². The van der Waals surface area contributed by atoms with Crippen molar-refractivity contribution in [3.8, 4) is 0 Å². The van der Waals surface area contributed by atoms with Crippen LogP contribution < -0.4 is 10.6 Å². The summed E-state index contributed by atoms with van der Waals surface area (Å²) in [5.41, 5.74) is 1.09. The Balaban J connectivity index is 1.77. The molecule has 1 aliphatic heterocycles. The van der Waals surface area contributed by atoms with Gasteiger partial charge in [-0.15, -0.1) is 0 Å². The zero-order valence-corrected chi connectivity index (χ0v) is 12.7. The summed E-state index contributed by atoms with van der Waals surface area (Å²) in [7, 11) is 0. The van der Waals surface area contributed by atoms with Crippen LogP contribution in [0.3, 0.4) is 0 Å². The molecule has 3 nitrogen and oxygen atoms in total. The molecule has 1 unspecified atom stereocenters. The molecule has 0 aromatic heterocycles. The number of piperidine rings is 1. The van der Waals surface area contributed by atoms with Crippen LogP contribution in [0.4, 0.5) is 0 Å². The van der Waals surface area contributed by atoms with Crippen LogP contribution in [0, 0.1) is 5.92 Å². The SMILES string of the molecule is CC(Cc1ccccc1Cl)NC(=O)CC1CCNCC1. The molecule has 4 heteroatoms. The molecule has 110 valence electrons. The summed E-state index contributed by atoms with van der Waals surface area (Å²) in [5, 5.41) is 7.18. The molecular weight excluding hydrogens is 272 g/mol. The first-order valence-corrected chi connectivity index (χ1v) is 7.76. The highest BCUT2D eigenvalue weighted by Gasteiger charge is 2.18. The maximum absolute atomic E-state index is 12.0. The molecule has 2 N–H and O–H groups in total. The van der Waals surface area contributed by atoms with Crippen LogP contribution in [0.15, 0.2) is 24.3 Å². The van der Waals surface area contributed by atoms with Crippen molar-refractivity contribution in [2.75, 3.05) is 13.1 Å². The van der Waals surface area contributed by atoms with Gasteiger partial charge in [0.15, 0.2) is 0 Å². The average Bonchev–Trinajstić information content (AvgIpc) is 2.42. The first kappa shape index (κ1) is 15.3. The van der Waals surface area contributed by atoms with E-state index in [2.05, 4.69) is 10.6 Å². The molecule has 0 bridgehead atoms. The summed E-state index contributed by atoms with van der Waals surface area (Å²) in [6.07, 6.45) is 3.63. The van der Waals surface area contributed by atoms with Crippen molar-refractivity contribution in [1.29, 1.82) is 0 Å². The molecule has 1 atom stereocenters. The van der Waals surface area contributed by atoms with Gasteiger partial charge in [0.25, 0.3) is 0 Å². The molecule has 0 aliphatic carbocycles. The van der Waals surface area contributed by atoms with E-state index in [-0.39, 0.29) is 11.9 Å². The lowest BCUT2D eigenvalue weighted by molar-refractivity contribution is -0.122. The van der Waals surface area contributed by atoms with E-state index >= 15 is 0 Å². The molecule has 1 fully saturated rings.